The van der Waals surface area contributed by atoms with Crippen molar-refractivity contribution < 1.29 is 0 Å². The Hall–Kier alpha value is -0.820. The largest absolute Gasteiger partial charge is 0.306 e. The molecule has 15 heavy (non-hydrogen) atoms. The minimum absolute atomic E-state index is 0.0560. The van der Waals surface area contributed by atoms with Crippen LogP contribution in [0.3, 0.4) is 0 Å². The zero-order valence-electron chi connectivity index (χ0n) is 10.6. The van der Waals surface area contributed by atoms with Gasteiger partial charge in [-0.05, 0) is 31.4 Å². The van der Waals surface area contributed by atoms with Gasteiger partial charge < -0.3 is 5.32 Å². The van der Waals surface area contributed by atoms with Crippen molar-refractivity contribution in [2.24, 2.45) is 0 Å². The lowest BCUT2D eigenvalue weighted by atomic mass is 9.92. The van der Waals surface area contributed by atoms with Crippen molar-refractivity contribution in [3.63, 3.8) is 0 Å². The fourth-order valence-electron chi connectivity index (χ4n) is 1.96. The molecule has 0 spiro atoms. The van der Waals surface area contributed by atoms with E-state index in [4.69, 9.17) is 0 Å². The second-order valence-electron chi connectivity index (χ2n) is 4.97. The van der Waals surface area contributed by atoms with E-state index >= 15 is 0 Å². The molecule has 0 heterocycles. The van der Waals surface area contributed by atoms with Crippen LogP contribution in [0, 0.1) is 0 Å². The lowest BCUT2D eigenvalue weighted by Gasteiger charge is -2.29. The Balaban J connectivity index is 2.85. The summed E-state index contributed by atoms with van der Waals surface area (Å²) in [6, 6.07) is 9.41. The van der Waals surface area contributed by atoms with Crippen LogP contribution in [0.1, 0.15) is 45.7 Å². The molecule has 1 aromatic rings. The monoisotopic (exact) mass is 205 g/mol. The van der Waals surface area contributed by atoms with Gasteiger partial charge in [0.25, 0.3) is 0 Å². The highest BCUT2D eigenvalue weighted by Crippen LogP contribution is 2.21. The zero-order valence-corrected chi connectivity index (χ0v) is 10.6. The number of rotatable bonds is 4. The predicted molar refractivity (Wildman–Crippen MR) is 67.1 cm³/mol. The van der Waals surface area contributed by atoms with Crippen LogP contribution in [0.2, 0.25) is 0 Å². The van der Waals surface area contributed by atoms with Crippen molar-refractivity contribution in [1.29, 1.82) is 0 Å². The Morgan fingerprint density at radius 1 is 1.13 bits per heavy atom. The molecule has 1 nitrogen and oxygen atoms in total. The number of benzene rings is 1. The third-order valence-corrected chi connectivity index (χ3v) is 2.73. The number of hydrogen-bond donors (Lipinski definition) is 1. The van der Waals surface area contributed by atoms with E-state index in [0.717, 1.165) is 6.42 Å². The second kappa shape index (κ2) is 4.80. The van der Waals surface area contributed by atoms with Crippen LogP contribution >= 0.6 is 0 Å². The fraction of sp³-hybridized carbons (Fsp3) is 0.571. The van der Waals surface area contributed by atoms with Gasteiger partial charge in [0.2, 0.25) is 0 Å². The van der Waals surface area contributed by atoms with Crippen LogP contribution in [0.4, 0.5) is 0 Å². The van der Waals surface area contributed by atoms with Crippen molar-refractivity contribution in [3.8, 4) is 0 Å². The summed E-state index contributed by atoms with van der Waals surface area (Å²) in [5.41, 5.74) is 2.81. The van der Waals surface area contributed by atoms with Crippen molar-refractivity contribution in [2.45, 2.75) is 52.6 Å². The summed E-state index contributed by atoms with van der Waals surface area (Å²) in [5, 5.41) is 3.57. The van der Waals surface area contributed by atoms with Crippen molar-refractivity contribution >= 4 is 0 Å². The van der Waals surface area contributed by atoms with Crippen LogP contribution < -0.4 is 5.32 Å². The Morgan fingerprint density at radius 2 is 1.67 bits per heavy atom. The third-order valence-electron chi connectivity index (χ3n) is 2.73. The number of aryl methyl sites for hydroxylation is 1. The first-order chi connectivity index (χ1) is 6.95. The molecule has 0 saturated heterocycles. The summed E-state index contributed by atoms with van der Waals surface area (Å²) in [7, 11) is 0. The molecule has 0 atom stereocenters. The minimum Gasteiger partial charge on any atom is -0.306 e. The molecular formula is C14H23N. The molecular weight excluding hydrogens is 182 g/mol. The van der Waals surface area contributed by atoms with Gasteiger partial charge in [-0.1, -0.05) is 45.0 Å². The van der Waals surface area contributed by atoms with E-state index in [0.29, 0.717) is 6.04 Å². The van der Waals surface area contributed by atoms with E-state index < -0.39 is 0 Å². The van der Waals surface area contributed by atoms with Gasteiger partial charge in [-0.3, -0.25) is 0 Å². The molecule has 0 amide bonds. The van der Waals surface area contributed by atoms with E-state index in [-0.39, 0.29) is 5.54 Å². The van der Waals surface area contributed by atoms with Crippen LogP contribution in [-0.2, 0) is 12.0 Å². The van der Waals surface area contributed by atoms with Gasteiger partial charge in [0.15, 0.2) is 0 Å². The maximum Gasteiger partial charge on any atom is 0.0379 e. The van der Waals surface area contributed by atoms with Crippen LogP contribution in [0.25, 0.3) is 0 Å². The van der Waals surface area contributed by atoms with E-state index in [2.05, 4.69) is 64.2 Å². The summed E-state index contributed by atoms with van der Waals surface area (Å²) < 4.78 is 0. The molecule has 84 valence electrons. The SMILES string of the molecule is CCc1ccc(C(C)(C)NC(C)C)cc1. The number of nitrogens with one attached hydrogen (secondary N) is 1. The molecule has 0 aliphatic rings. The molecule has 0 aliphatic carbocycles. The number of hydrogen-bond acceptors (Lipinski definition) is 1. The molecule has 0 aromatic heterocycles. The van der Waals surface area contributed by atoms with Gasteiger partial charge in [-0.15, -0.1) is 0 Å². The lowest BCUT2D eigenvalue weighted by Crippen LogP contribution is -2.40. The Morgan fingerprint density at radius 3 is 2.07 bits per heavy atom. The van der Waals surface area contributed by atoms with Gasteiger partial charge >= 0.3 is 0 Å². The molecule has 1 aromatic carbocycles. The standard InChI is InChI=1S/C14H23N/c1-6-12-7-9-13(10-8-12)14(4,5)15-11(2)3/h7-11,15H,6H2,1-5H3. The average molecular weight is 205 g/mol. The van der Waals surface area contributed by atoms with Crippen molar-refractivity contribution in [1.82, 2.24) is 5.32 Å². The van der Waals surface area contributed by atoms with Gasteiger partial charge in [-0.2, -0.15) is 0 Å². The van der Waals surface area contributed by atoms with Crippen LogP contribution in [-0.4, -0.2) is 6.04 Å². The molecule has 0 radical (unpaired) electrons. The normalized spacial score (nSPS) is 12.1. The van der Waals surface area contributed by atoms with E-state index in [9.17, 15) is 0 Å². The molecule has 0 unspecified atom stereocenters. The van der Waals surface area contributed by atoms with Crippen LogP contribution in [0.15, 0.2) is 24.3 Å². The molecule has 1 N–H and O–H groups in total. The Bertz CT molecular complexity index is 296. The molecule has 0 saturated carbocycles. The third kappa shape index (κ3) is 3.35. The topological polar surface area (TPSA) is 12.0 Å². The Labute approximate surface area is 93.9 Å². The predicted octanol–water partition coefficient (Wildman–Crippen LogP) is 3.48. The quantitative estimate of drug-likeness (QED) is 0.793. The first-order valence-corrected chi connectivity index (χ1v) is 5.83. The Kier molecular flexibility index (Phi) is 3.92. The summed E-state index contributed by atoms with van der Waals surface area (Å²) >= 11 is 0. The van der Waals surface area contributed by atoms with E-state index in [1.807, 2.05) is 0 Å². The van der Waals surface area contributed by atoms with Gasteiger partial charge in [0, 0.05) is 11.6 Å². The fourth-order valence-corrected chi connectivity index (χ4v) is 1.96. The second-order valence-corrected chi connectivity index (χ2v) is 4.97. The first kappa shape index (κ1) is 12.3. The highest BCUT2D eigenvalue weighted by Gasteiger charge is 2.20. The maximum atomic E-state index is 3.57. The average Bonchev–Trinajstić information content (AvgIpc) is 2.16. The van der Waals surface area contributed by atoms with Gasteiger partial charge in [0.05, 0.1) is 0 Å². The van der Waals surface area contributed by atoms with E-state index in [1.54, 1.807) is 0 Å². The minimum atomic E-state index is 0.0560. The molecule has 0 aliphatic heterocycles. The van der Waals surface area contributed by atoms with Gasteiger partial charge in [-0.25, -0.2) is 0 Å². The highest BCUT2D eigenvalue weighted by molar-refractivity contribution is 5.27. The first-order valence-electron chi connectivity index (χ1n) is 5.83. The van der Waals surface area contributed by atoms with Crippen LogP contribution in [0.5, 0.6) is 0 Å². The smallest absolute Gasteiger partial charge is 0.0379 e. The van der Waals surface area contributed by atoms with Crippen molar-refractivity contribution in [2.75, 3.05) is 0 Å². The highest BCUT2D eigenvalue weighted by atomic mass is 15.0. The molecule has 0 bridgehead atoms. The lowest BCUT2D eigenvalue weighted by molar-refractivity contribution is 0.365. The summed E-state index contributed by atoms with van der Waals surface area (Å²) in [6.07, 6.45) is 1.11. The molecule has 1 rings (SSSR count). The molecule has 0 fully saturated rings. The zero-order chi connectivity index (χ0) is 11.5. The summed E-state index contributed by atoms with van der Waals surface area (Å²) in [5.74, 6) is 0. The van der Waals surface area contributed by atoms with Gasteiger partial charge in [0.1, 0.15) is 0 Å². The summed E-state index contributed by atoms with van der Waals surface area (Å²) in [4.78, 5) is 0. The van der Waals surface area contributed by atoms with E-state index in [1.165, 1.54) is 11.1 Å². The summed E-state index contributed by atoms with van der Waals surface area (Å²) in [6.45, 7) is 11.0. The van der Waals surface area contributed by atoms with Crippen molar-refractivity contribution in [3.05, 3.63) is 35.4 Å². The molecule has 1 heteroatoms. The maximum absolute atomic E-state index is 3.57.